The highest BCUT2D eigenvalue weighted by molar-refractivity contribution is 5.96. The first kappa shape index (κ1) is 31.0. The first-order chi connectivity index (χ1) is 19.0. The Bertz CT molecular complexity index is 980. The van der Waals surface area contributed by atoms with Crippen molar-refractivity contribution in [2.45, 2.75) is 116 Å². The second-order valence-corrected chi connectivity index (χ2v) is 10.8. The molecule has 0 aromatic heterocycles. The number of hydrogen-bond acceptors (Lipinski definition) is 5. The van der Waals surface area contributed by atoms with Crippen LogP contribution < -0.4 is 14.8 Å². The molecule has 6 heteroatoms. The lowest BCUT2D eigenvalue weighted by molar-refractivity contribution is -0.204. The number of anilines is 1. The van der Waals surface area contributed by atoms with Gasteiger partial charge in [0.1, 0.15) is 18.1 Å². The second kappa shape index (κ2) is 17.2. The predicted molar refractivity (Wildman–Crippen MR) is 157 cm³/mol. The van der Waals surface area contributed by atoms with Crippen molar-refractivity contribution in [2.24, 2.45) is 0 Å². The van der Waals surface area contributed by atoms with Crippen LogP contribution in [0.5, 0.6) is 11.5 Å². The zero-order chi connectivity index (χ0) is 27.8. The summed E-state index contributed by atoms with van der Waals surface area (Å²) in [6.45, 7) is 4.94. The van der Waals surface area contributed by atoms with E-state index in [9.17, 15) is 9.90 Å². The molecule has 0 fully saturated rings. The Morgan fingerprint density at radius 1 is 0.897 bits per heavy atom. The molecule has 2 aromatic rings. The lowest BCUT2D eigenvalue weighted by Crippen LogP contribution is -2.36. The molecule has 0 bridgehead atoms. The summed E-state index contributed by atoms with van der Waals surface area (Å²) in [5.41, 5.74) is 2.39. The van der Waals surface area contributed by atoms with Gasteiger partial charge in [-0.1, -0.05) is 108 Å². The Morgan fingerprint density at radius 2 is 1.54 bits per heavy atom. The van der Waals surface area contributed by atoms with E-state index in [-0.39, 0.29) is 18.9 Å². The van der Waals surface area contributed by atoms with Crippen molar-refractivity contribution in [1.82, 2.24) is 0 Å². The van der Waals surface area contributed by atoms with E-state index in [1.807, 2.05) is 43.3 Å². The lowest BCUT2D eigenvalue weighted by atomic mass is 9.96. The summed E-state index contributed by atoms with van der Waals surface area (Å²) >= 11 is 0. The summed E-state index contributed by atoms with van der Waals surface area (Å²) in [6, 6.07) is 13.6. The first-order valence-corrected chi connectivity index (χ1v) is 15.2. The van der Waals surface area contributed by atoms with Crippen LogP contribution in [-0.4, -0.2) is 30.0 Å². The lowest BCUT2D eigenvalue weighted by Gasteiger charge is -2.30. The molecule has 0 radical (unpaired) electrons. The molecule has 3 rings (SSSR count). The molecule has 1 amide bonds. The highest BCUT2D eigenvalue weighted by atomic mass is 16.6. The minimum atomic E-state index is -1.30. The van der Waals surface area contributed by atoms with Crippen LogP contribution >= 0.6 is 0 Å². The maximum atomic E-state index is 12.0. The van der Waals surface area contributed by atoms with E-state index in [0.29, 0.717) is 36.8 Å². The van der Waals surface area contributed by atoms with Crippen molar-refractivity contribution in [2.75, 3.05) is 18.5 Å². The molecule has 1 atom stereocenters. The highest BCUT2D eigenvalue weighted by Gasteiger charge is 2.31. The Labute approximate surface area is 235 Å². The van der Waals surface area contributed by atoms with Gasteiger partial charge in [0, 0.05) is 31.1 Å². The molecular formula is C33H49NO5. The van der Waals surface area contributed by atoms with Crippen LogP contribution in [0.15, 0.2) is 42.5 Å². The van der Waals surface area contributed by atoms with Crippen molar-refractivity contribution in [3.63, 3.8) is 0 Å². The van der Waals surface area contributed by atoms with E-state index in [4.69, 9.17) is 14.2 Å². The molecule has 1 aliphatic rings. The van der Waals surface area contributed by atoms with Gasteiger partial charge in [-0.05, 0) is 25.0 Å². The fourth-order valence-electron chi connectivity index (χ4n) is 5.22. The summed E-state index contributed by atoms with van der Waals surface area (Å²) in [5.74, 6) is -0.313. The van der Waals surface area contributed by atoms with E-state index < -0.39 is 5.79 Å². The van der Waals surface area contributed by atoms with Gasteiger partial charge in [0.25, 0.3) is 5.91 Å². The molecule has 0 spiro atoms. The zero-order valence-electron chi connectivity index (χ0n) is 24.1. The van der Waals surface area contributed by atoms with Crippen LogP contribution in [0.4, 0.5) is 5.69 Å². The molecule has 0 saturated heterocycles. The standard InChI is InChI=1S/C33H49NO5/c1-3-5-6-7-8-9-10-11-12-13-14-18-21-33(36,39-4-2)24-28-22-29(37-25-27-19-16-15-17-20-27)23-30-32(28)38-26-31(35)34-30/h15-17,19-20,22-23,36H,3-14,18,21,24-26H2,1-2H3,(H,34,35). The third-order valence-electron chi connectivity index (χ3n) is 7.31. The van der Waals surface area contributed by atoms with E-state index >= 15 is 0 Å². The van der Waals surface area contributed by atoms with Gasteiger partial charge in [0.2, 0.25) is 0 Å². The summed E-state index contributed by atoms with van der Waals surface area (Å²) in [7, 11) is 0. The molecule has 216 valence electrons. The molecule has 1 unspecified atom stereocenters. The number of nitrogens with one attached hydrogen (secondary N) is 1. The fraction of sp³-hybridized carbons (Fsp3) is 0.606. The van der Waals surface area contributed by atoms with Gasteiger partial charge in [-0.15, -0.1) is 0 Å². The number of aliphatic hydroxyl groups is 1. The van der Waals surface area contributed by atoms with E-state index in [2.05, 4.69) is 12.2 Å². The van der Waals surface area contributed by atoms with Gasteiger partial charge in [-0.25, -0.2) is 0 Å². The normalized spacial score (nSPS) is 14.3. The van der Waals surface area contributed by atoms with Gasteiger partial charge in [0.05, 0.1) is 5.69 Å². The van der Waals surface area contributed by atoms with Crippen LogP contribution in [-0.2, 0) is 22.6 Å². The van der Waals surface area contributed by atoms with Gasteiger partial charge in [0.15, 0.2) is 12.4 Å². The Morgan fingerprint density at radius 3 is 2.18 bits per heavy atom. The van der Waals surface area contributed by atoms with Gasteiger partial charge < -0.3 is 24.6 Å². The van der Waals surface area contributed by atoms with Crippen molar-refractivity contribution in [3.05, 3.63) is 53.6 Å². The monoisotopic (exact) mass is 539 g/mol. The number of unbranched alkanes of at least 4 members (excludes halogenated alkanes) is 11. The van der Waals surface area contributed by atoms with Crippen LogP contribution in [0.25, 0.3) is 0 Å². The maximum Gasteiger partial charge on any atom is 0.262 e. The molecule has 39 heavy (non-hydrogen) atoms. The molecule has 6 nitrogen and oxygen atoms in total. The van der Waals surface area contributed by atoms with Crippen LogP contribution in [0, 0.1) is 0 Å². The summed E-state index contributed by atoms with van der Waals surface area (Å²) in [6.07, 6.45) is 16.0. The van der Waals surface area contributed by atoms with E-state index in [1.165, 1.54) is 64.2 Å². The Hall–Kier alpha value is -2.57. The fourth-order valence-corrected chi connectivity index (χ4v) is 5.22. The number of carbonyl (C=O) groups is 1. The average Bonchev–Trinajstić information content (AvgIpc) is 2.93. The van der Waals surface area contributed by atoms with Gasteiger partial charge >= 0.3 is 0 Å². The summed E-state index contributed by atoms with van der Waals surface area (Å²) < 4.78 is 17.7. The molecular weight excluding hydrogens is 490 g/mol. The summed E-state index contributed by atoms with van der Waals surface area (Å²) in [5, 5.41) is 14.4. The topological polar surface area (TPSA) is 77.0 Å². The third kappa shape index (κ3) is 11.2. The number of rotatable bonds is 20. The van der Waals surface area contributed by atoms with Crippen LogP contribution in [0.2, 0.25) is 0 Å². The first-order valence-electron chi connectivity index (χ1n) is 15.2. The molecule has 0 aliphatic carbocycles. The summed E-state index contributed by atoms with van der Waals surface area (Å²) in [4.78, 5) is 12.0. The van der Waals surface area contributed by atoms with Crippen LogP contribution in [0.3, 0.4) is 0 Å². The minimum Gasteiger partial charge on any atom is -0.489 e. The second-order valence-electron chi connectivity index (χ2n) is 10.8. The maximum absolute atomic E-state index is 12.0. The van der Waals surface area contributed by atoms with Crippen molar-refractivity contribution >= 4 is 11.6 Å². The minimum absolute atomic E-state index is 0.0456. The van der Waals surface area contributed by atoms with Crippen molar-refractivity contribution in [3.8, 4) is 11.5 Å². The highest BCUT2D eigenvalue weighted by Crippen LogP contribution is 2.39. The SMILES string of the molecule is CCCCCCCCCCCCCCC(O)(Cc1cc(OCc2ccccc2)cc2c1OCC(=O)N2)OCC. The van der Waals surface area contributed by atoms with Gasteiger partial charge in [-0.3, -0.25) is 4.79 Å². The predicted octanol–water partition coefficient (Wildman–Crippen LogP) is 7.96. The molecule has 1 heterocycles. The van der Waals surface area contributed by atoms with Crippen molar-refractivity contribution in [1.29, 1.82) is 0 Å². The zero-order valence-corrected chi connectivity index (χ0v) is 24.1. The van der Waals surface area contributed by atoms with Gasteiger partial charge in [-0.2, -0.15) is 0 Å². The average molecular weight is 540 g/mol. The Balaban J connectivity index is 1.52. The van der Waals surface area contributed by atoms with E-state index in [0.717, 1.165) is 24.0 Å². The quantitative estimate of drug-likeness (QED) is 0.132. The molecule has 1 aliphatic heterocycles. The van der Waals surface area contributed by atoms with Crippen LogP contribution in [0.1, 0.15) is 108 Å². The molecule has 2 aromatic carbocycles. The number of carbonyl (C=O) groups excluding carboxylic acids is 1. The number of ether oxygens (including phenoxy) is 3. The number of fused-ring (bicyclic) bond motifs is 1. The largest absolute Gasteiger partial charge is 0.489 e. The molecule has 2 N–H and O–H groups in total. The van der Waals surface area contributed by atoms with E-state index in [1.54, 1.807) is 6.07 Å². The number of amides is 1. The number of hydrogen-bond donors (Lipinski definition) is 2. The number of benzene rings is 2. The molecule has 0 saturated carbocycles. The Kier molecular flexibility index (Phi) is 13.6. The smallest absolute Gasteiger partial charge is 0.262 e. The van der Waals surface area contributed by atoms with Crippen molar-refractivity contribution < 1.29 is 24.1 Å². The third-order valence-corrected chi connectivity index (χ3v) is 7.31.